The highest BCUT2D eigenvalue weighted by atomic mass is 16.6. The molecule has 0 atom stereocenters. The molecule has 0 spiro atoms. The van der Waals surface area contributed by atoms with Crippen LogP contribution in [0.1, 0.15) is 34.7 Å². The molecule has 0 N–H and O–H groups in total. The van der Waals surface area contributed by atoms with Crippen molar-refractivity contribution in [2.24, 2.45) is 12.2 Å². The lowest BCUT2D eigenvalue weighted by atomic mass is 10.0. The zero-order valence-electron chi connectivity index (χ0n) is 16.2. The van der Waals surface area contributed by atoms with E-state index in [1.165, 1.54) is 14.9 Å². The lowest BCUT2D eigenvalue weighted by Gasteiger charge is -2.11. The first kappa shape index (κ1) is 18.6. The summed E-state index contributed by atoms with van der Waals surface area (Å²) < 4.78 is 2.46. The Labute approximate surface area is 157 Å². The summed E-state index contributed by atoms with van der Waals surface area (Å²) in [6.45, 7) is 8.22. The molecular weight excluding hydrogens is 342 g/mol. The minimum atomic E-state index is -0.308. The molecule has 1 aromatic heterocycles. The van der Waals surface area contributed by atoms with E-state index in [-0.39, 0.29) is 12.3 Å². The zero-order chi connectivity index (χ0) is 19.6. The van der Waals surface area contributed by atoms with Crippen LogP contribution in [0.5, 0.6) is 0 Å². The summed E-state index contributed by atoms with van der Waals surface area (Å²) in [6, 6.07) is 11.9. The minimum absolute atomic E-state index is 0.229. The number of hydrogen-bond donors (Lipinski definition) is 0. The lowest BCUT2D eigenvalue weighted by Crippen LogP contribution is -2.23. The van der Waals surface area contributed by atoms with Gasteiger partial charge in [-0.3, -0.25) is 0 Å². The summed E-state index contributed by atoms with van der Waals surface area (Å²) in [5.74, 6) is 0. The van der Waals surface area contributed by atoms with Crippen LogP contribution in [0, 0.1) is 20.8 Å². The normalized spacial score (nSPS) is 11.7. The van der Waals surface area contributed by atoms with Gasteiger partial charge in [-0.2, -0.15) is 9.36 Å². The number of benzene rings is 2. The SMILES string of the molecule is C/C(=N/OCc1c(C)cccc1-n1nnn(C)c1=O)c1cc(C)ccc1C. The first-order chi connectivity index (χ1) is 12.9. The number of aromatic nitrogens is 4. The van der Waals surface area contributed by atoms with Crippen molar-refractivity contribution in [1.29, 1.82) is 0 Å². The van der Waals surface area contributed by atoms with E-state index in [1.54, 1.807) is 7.05 Å². The molecule has 0 unspecified atom stereocenters. The van der Waals surface area contributed by atoms with Gasteiger partial charge in [0.25, 0.3) is 0 Å². The van der Waals surface area contributed by atoms with Crippen LogP contribution in [0.2, 0.25) is 0 Å². The Balaban J connectivity index is 1.87. The summed E-state index contributed by atoms with van der Waals surface area (Å²) in [4.78, 5) is 17.8. The van der Waals surface area contributed by atoms with Gasteiger partial charge in [0.2, 0.25) is 0 Å². The zero-order valence-corrected chi connectivity index (χ0v) is 16.2. The van der Waals surface area contributed by atoms with E-state index < -0.39 is 0 Å². The summed E-state index contributed by atoms with van der Waals surface area (Å²) in [7, 11) is 1.57. The molecule has 0 saturated heterocycles. The van der Waals surface area contributed by atoms with Crippen molar-refractivity contribution >= 4 is 5.71 Å². The van der Waals surface area contributed by atoms with E-state index in [0.29, 0.717) is 5.69 Å². The van der Waals surface area contributed by atoms with Gasteiger partial charge in [0, 0.05) is 18.2 Å². The Morgan fingerprint density at radius 3 is 2.59 bits per heavy atom. The van der Waals surface area contributed by atoms with Crippen LogP contribution in [0.3, 0.4) is 0 Å². The molecule has 3 aromatic rings. The highest BCUT2D eigenvalue weighted by Gasteiger charge is 2.13. The highest BCUT2D eigenvalue weighted by molar-refractivity contribution is 5.99. The monoisotopic (exact) mass is 365 g/mol. The minimum Gasteiger partial charge on any atom is -0.391 e. The van der Waals surface area contributed by atoms with E-state index >= 15 is 0 Å². The molecule has 0 fully saturated rings. The smallest absolute Gasteiger partial charge is 0.368 e. The third-order valence-corrected chi connectivity index (χ3v) is 4.53. The molecule has 0 aliphatic rings. The lowest BCUT2D eigenvalue weighted by molar-refractivity contribution is 0.130. The van der Waals surface area contributed by atoms with Crippen molar-refractivity contribution in [2.45, 2.75) is 34.3 Å². The van der Waals surface area contributed by atoms with Crippen molar-refractivity contribution in [3.63, 3.8) is 0 Å². The van der Waals surface area contributed by atoms with Gasteiger partial charge in [0.15, 0.2) is 0 Å². The molecule has 0 amide bonds. The van der Waals surface area contributed by atoms with Crippen molar-refractivity contribution in [3.8, 4) is 5.69 Å². The number of rotatable bonds is 5. The molecule has 3 rings (SSSR count). The van der Waals surface area contributed by atoms with E-state index in [1.807, 2.05) is 39.0 Å². The maximum Gasteiger partial charge on any atom is 0.368 e. The standard InChI is InChI=1S/C20H23N5O2/c1-13-9-10-15(3)17(11-13)16(4)21-27-12-18-14(2)7-6-8-19(18)25-20(26)24(5)22-23-25/h6-11H,12H2,1-5H3/b21-16-. The molecule has 7 heteroatoms. The molecule has 0 aliphatic heterocycles. The van der Waals surface area contributed by atoms with Crippen LogP contribution >= 0.6 is 0 Å². The largest absolute Gasteiger partial charge is 0.391 e. The van der Waals surface area contributed by atoms with E-state index in [9.17, 15) is 4.79 Å². The van der Waals surface area contributed by atoms with E-state index in [0.717, 1.165) is 28.0 Å². The quantitative estimate of drug-likeness (QED) is 0.515. The van der Waals surface area contributed by atoms with Crippen LogP contribution in [0.15, 0.2) is 46.3 Å². The van der Waals surface area contributed by atoms with Crippen molar-refractivity contribution in [2.75, 3.05) is 0 Å². The van der Waals surface area contributed by atoms with Gasteiger partial charge in [-0.05, 0) is 61.4 Å². The van der Waals surface area contributed by atoms with Gasteiger partial charge in [0.1, 0.15) is 6.61 Å². The van der Waals surface area contributed by atoms with E-state index in [4.69, 9.17) is 4.84 Å². The molecule has 0 saturated carbocycles. The van der Waals surface area contributed by atoms with Gasteiger partial charge in [-0.1, -0.05) is 35.0 Å². The Hall–Kier alpha value is -3.22. The number of aryl methyl sites for hydroxylation is 4. The van der Waals surface area contributed by atoms with Crippen LogP contribution in [0.25, 0.3) is 5.69 Å². The Kier molecular flexibility index (Phi) is 5.21. The fraction of sp³-hybridized carbons (Fsp3) is 0.300. The second-order valence-electron chi connectivity index (χ2n) is 6.64. The molecular formula is C20H23N5O2. The fourth-order valence-electron chi connectivity index (χ4n) is 2.91. The van der Waals surface area contributed by atoms with E-state index in [2.05, 4.69) is 40.7 Å². The van der Waals surface area contributed by atoms with Crippen LogP contribution < -0.4 is 5.69 Å². The Morgan fingerprint density at radius 1 is 1.11 bits per heavy atom. The second kappa shape index (κ2) is 7.57. The molecule has 1 heterocycles. The summed E-state index contributed by atoms with van der Waals surface area (Å²) in [5.41, 5.74) is 6.36. The Morgan fingerprint density at radius 2 is 1.89 bits per heavy atom. The number of tetrazole rings is 1. The number of oxime groups is 1. The topological polar surface area (TPSA) is 74.3 Å². The van der Waals surface area contributed by atoms with Gasteiger partial charge in [-0.25, -0.2) is 4.79 Å². The molecule has 7 nitrogen and oxygen atoms in total. The van der Waals surface area contributed by atoms with Crippen LogP contribution in [-0.2, 0) is 18.5 Å². The summed E-state index contributed by atoms with van der Waals surface area (Å²) >= 11 is 0. The molecule has 0 bridgehead atoms. The predicted octanol–water partition coefficient (Wildman–Crippen LogP) is 2.83. The molecule has 140 valence electrons. The number of nitrogens with zero attached hydrogens (tertiary/aromatic N) is 5. The first-order valence-corrected chi connectivity index (χ1v) is 8.70. The van der Waals surface area contributed by atoms with Gasteiger partial charge >= 0.3 is 5.69 Å². The third kappa shape index (κ3) is 3.81. The predicted molar refractivity (Wildman–Crippen MR) is 104 cm³/mol. The van der Waals surface area contributed by atoms with Crippen LogP contribution in [-0.4, -0.2) is 25.5 Å². The van der Waals surface area contributed by atoms with Crippen molar-refractivity contribution in [3.05, 3.63) is 74.7 Å². The molecule has 2 aromatic carbocycles. The summed E-state index contributed by atoms with van der Waals surface area (Å²) in [6.07, 6.45) is 0. The maximum absolute atomic E-state index is 12.2. The van der Waals surface area contributed by atoms with Gasteiger partial charge < -0.3 is 4.84 Å². The second-order valence-corrected chi connectivity index (χ2v) is 6.64. The first-order valence-electron chi connectivity index (χ1n) is 8.70. The average molecular weight is 365 g/mol. The van der Waals surface area contributed by atoms with Gasteiger partial charge in [0.05, 0.1) is 11.4 Å². The van der Waals surface area contributed by atoms with Gasteiger partial charge in [-0.15, -0.1) is 0 Å². The van der Waals surface area contributed by atoms with Crippen molar-refractivity contribution < 1.29 is 4.84 Å². The fourth-order valence-corrected chi connectivity index (χ4v) is 2.91. The molecule has 0 radical (unpaired) electrons. The number of hydrogen-bond acceptors (Lipinski definition) is 5. The summed E-state index contributed by atoms with van der Waals surface area (Å²) in [5, 5.41) is 12.0. The highest BCUT2D eigenvalue weighted by Crippen LogP contribution is 2.18. The van der Waals surface area contributed by atoms with Crippen molar-refractivity contribution in [1.82, 2.24) is 19.8 Å². The average Bonchev–Trinajstić information content (AvgIpc) is 2.97. The molecule has 27 heavy (non-hydrogen) atoms. The Bertz CT molecular complexity index is 1060. The maximum atomic E-state index is 12.2. The third-order valence-electron chi connectivity index (χ3n) is 4.53. The van der Waals surface area contributed by atoms with Crippen LogP contribution in [0.4, 0.5) is 0 Å². The molecule has 0 aliphatic carbocycles.